The second-order valence-corrected chi connectivity index (χ2v) is 6.15. The van der Waals surface area contributed by atoms with E-state index in [1.54, 1.807) is 12.1 Å². The van der Waals surface area contributed by atoms with E-state index in [-0.39, 0.29) is 11.5 Å². The van der Waals surface area contributed by atoms with E-state index in [0.29, 0.717) is 5.96 Å². The van der Waals surface area contributed by atoms with Crippen molar-refractivity contribution in [3.63, 3.8) is 0 Å². The number of aliphatic imine (C=N–C) groups is 1. The molecule has 1 aliphatic rings. The second kappa shape index (κ2) is 8.83. The van der Waals surface area contributed by atoms with E-state index < -0.39 is 0 Å². The Kier molecular flexibility index (Phi) is 6.79. The van der Waals surface area contributed by atoms with Crippen molar-refractivity contribution in [1.82, 2.24) is 10.6 Å². The van der Waals surface area contributed by atoms with Crippen LogP contribution in [0.25, 0.3) is 0 Å². The summed E-state index contributed by atoms with van der Waals surface area (Å²) in [6.07, 6.45) is 7.66. The number of guanidine groups is 1. The van der Waals surface area contributed by atoms with Crippen LogP contribution in [-0.2, 0) is 0 Å². The highest BCUT2D eigenvalue weighted by atomic mass is 19.1. The van der Waals surface area contributed by atoms with E-state index in [1.165, 1.54) is 30.7 Å². The molecule has 0 fully saturated rings. The number of hydrogen-bond acceptors (Lipinski definition) is 4. The fourth-order valence-electron chi connectivity index (χ4n) is 2.87. The number of nitrogens with one attached hydrogen (secondary N) is 3. The van der Waals surface area contributed by atoms with E-state index in [2.05, 4.69) is 42.8 Å². The number of allylic oxidation sites excluding steroid dienone is 1. The van der Waals surface area contributed by atoms with Gasteiger partial charge in [0.2, 0.25) is 5.96 Å². The molecule has 1 atom stereocenters. The van der Waals surface area contributed by atoms with Crippen LogP contribution < -0.4 is 16.0 Å². The third-order valence-electron chi connectivity index (χ3n) is 4.18. The van der Waals surface area contributed by atoms with Gasteiger partial charge in [-0.2, -0.15) is 0 Å². The molecule has 4 nitrogen and oxygen atoms in total. The van der Waals surface area contributed by atoms with Gasteiger partial charge >= 0.3 is 0 Å². The number of nitrogens with zero attached hydrogens (tertiary/aromatic N) is 1. The average molecular weight is 332 g/mol. The summed E-state index contributed by atoms with van der Waals surface area (Å²) in [5.74, 6) is 0.466. The molecule has 1 aromatic carbocycles. The fourth-order valence-corrected chi connectivity index (χ4v) is 2.87. The molecule has 1 heterocycles. The lowest BCUT2D eigenvalue weighted by Gasteiger charge is -2.33. The van der Waals surface area contributed by atoms with Gasteiger partial charge in [-0.1, -0.05) is 33.6 Å². The lowest BCUT2D eigenvalue weighted by Crippen LogP contribution is -2.48. The van der Waals surface area contributed by atoms with E-state index in [9.17, 15) is 4.39 Å². The molecule has 1 aromatic rings. The van der Waals surface area contributed by atoms with E-state index in [0.717, 1.165) is 31.5 Å². The van der Waals surface area contributed by atoms with Crippen LogP contribution in [0.3, 0.4) is 0 Å². The van der Waals surface area contributed by atoms with Crippen LogP contribution in [0.5, 0.6) is 0 Å². The van der Waals surface area contributed by atoms with Gasteiger partial charge in [0.05, 0.1) is 0 Å². The Labute approximate surface area is 144 Å². The summed E-state index contributed by atoms with van der Waals surface area (Å²) in [4.78, 5) is 4.83. The minimum absolute atomic E-state index is 0.241. The number of anilines is 1. The van der Waals surface area contributed by atoms with Crippen LogP contribution in [0.1, 0.15) is 52.9 Å². The topological polar surface area (TPSA) is 48.5 Å². The quantitative estimate of drug-likeness (QED) is 0.619. The van der Waals surface area contributed by atoms with Crippen LogP contribution >= 0.6 is 0 Å². The van der Waals surface area contributed by atoms with E-state index >= 15 is 0 Å². The van der Waals surface area contributed by atoms with Crippen LogP contribution in [0.4, 0.5) is 10.1 Å². The molecule has 0 saturated heterocycles. The second-order valence-electron chi connectivity index (χ2n) is 6.15. The lowest BCUT2D eigenvalue weighted by molar-refractivity contribution is 0.404. The summed E-state index contributed by atoms with van der Waals surface area (Å²) in [5.41, 5.74) is 1.62. The highest BCUT2D eigenvalue weighted by Gasteiger charge is 2.28. The van der Waals surface area contributed by atoms with Gasteiger partial charge in [-0.05, 0) is 56.1 Å². The third-order valence-corrected chi connectivity index (χ3v) is 4.18. The summed E-state index contributed by atoms with van der Waals surface area (Å²) in [7, 11) is 0. The number of halogens is 1. The van der Waals surface area contributed by atoms with Crippen molar-refractivity contribution in [2.75, 3.05) is 11.9 Å². The molecule has 132 valence electrons. The predicted molar refractivity (Wildman–Crippen MR) is 99.5 cm³/mol. The molecule has 2 rings (SSSR count). The standard InChI is InChI=1S/C19H29FN4/c1-4-7-8-9-17-14-19(5-2,21-6-3)24-18(23-17)22-16-12-10-15(20)11-13-16/h10-14,21H,4-9H2,1-3H3,(H2,22,23,24). The van der Waals surface area contributed by atoms with Crippen LogP contribution in [0.15, 0.2) is 41.0 Å². The van der Waals surface area contributed by atoms with Crippen molar-refractivity contribution in [3.8, 4) is 0 Å². The average Bonchev–Trinajstić information content (AvgIpc) is 2.57. The molecular formula is C19H29FN4. The first-order valence-corrected chi connectivity index (χ1v) is 8.97. The van der Waals surface area contributed by atoms with Crippen LogP contribution in [-0.4, -0.2) is 18.2 Å². The molecule has 1 aliphatic heterocycles. The molecule has 0 aromatic heterocycles. The lowest BCUT2D eigenvalue weighted by atomic mass is 10.0. The van der Waals surface area contributed by atoms with Crippen LogP contribution in [0.2, 0.25) is 0 Å². The summed E-state index contributed by atoms with van der Waals surface area (Å²) >= 11 is 0. The zero-order chi connectivity index (χ0) is 17.4. The fraction of sp³-hybridized carbons (Fsp3) is 0.526. The molecule has 5 heteroatoms. The Balaban J connectivity index is 2.17. The van der Waals surface area contributed by atoms with E-state index in [1.807, 2.05) is 0 Å². The Morgan fingerprint density at radius 2 is 1.88 bits per heavy atom. The van der Waals surface area contributed by atoms with Gasteiger partial charge in [-0.15, -0.1) is 0 Å². The van der Waals surface area contributed by atoms with Gasteiger partial charge < -0.3 is 10.6 Å². The SMILES string of the molecule is CCCCCC1=CC(CC)(NCC)N=C(Nc2ccc(F)cc2)N1. The first-order chi connectivity index (χ1) is 11.6. The summed E-state index contributed by atoms with van der Waals surface area (Å²) in [5, 5.41) is 10.1. The number of unbranched alkanes of at least 4 members (excludes halogenated alkanes) is 2. The summed E-state index contributed by atoms with van der Waals surface area (Å²) in [6, 6.07) is 6.33. The van der Waals surface area contributed by atoms with Gasteiger partial charge in [0.1, 0.15) is 11.5 Å². The maximum absolute atomic E-state index is 13.1. The predicted octanol–water partition coefficient (Wildman–Crippen LogP) is 4.38. The number of likely N-dealkylation sites (N-methyl/N-ethyl adjacent to an activating group) is 1. The molecule has 0 amide bonds. The highest BCUT2D eigenvalue weighted by Crippen LogP contribution is 2.23. The monoisotopic (exact) mass is 332 g/mol. The maximum Gasteiger partial charge on any atom is 0.202 e. The molecule has 0 spiro atoms. The molecule has 0 radical (unpaired) electrons. The zero-order valence-electron chi connectivity index (χ0n) is 15.0. The van der Waals surface area contributed by atoms with Gasteiger partial charge in [-0.3, -0.25) is 5.32 Å². The molecule has 0 saturated carbocycles. The third kappa shape index (κ3) is 5.06. The maximum atomic E-state index is 13.1. The Morgan fingerprint density at radius 3 is 2.50 bits per heavy atom. The Morgan fingerprint density at radius 1 is 1.12 bits per heavy atom. The van der Waals surface area contributed by atoms with Crippen molar-refractivity contribution >= 4 is 11.6 Å². The van der Waals surface area contributed by atoms with Gasteiger partial charge in [0.25, 0.3) is 0 Å². The summed E-state index contributed by atoms with van der Waals surface area (Å²) < 4.78 is 13.1. The van der Waals surface area contributed by atoms with Crippen molar-refractivity contribution < 1.29 is 4.39 Å². The van der Waals surface area contributed by atoms with E-state index in [4.69, 9.17) is 4.99 Å². The normalized spacial score (nSPS) is 20.2. The highest BCUT2D eigenvalue weighted by molar-refractivity contribution is 5.95. The number of rotatable bonds is 8. The van der Waals surface area contributed by atoms with Gasteiger partial charge in [-0.25, -0.2) is 9.38 Å². The van der Waals surface area contributed by atoms with Crippen molar-refractivity contribution in [3.05, 3.63) is 41.9 Å². The van der Waals surface area contributed by atoms with Crippen LogP contribution in [0, 0.1) is 5.82 Å². The molecule has 3 N–H and O–H groups in total. The first kappa shape index (κ1) is 18.5. The smallest absolute Gasteiger partial charge is 0.202 e. The first-order valence-electron chi connectivity index (χ1n) is 8.97. The zero-order valence-corrected chi connectivity index (χ0v) is 15.0. The largest absolute Gasteiger partial charge is 0.330 e. The van der Waals surface area contributed by atoms with Crippen molar-refractivity contribution in [1.29, 1.82) is 0 Å². The summed E-state index contributed by atoms with van der Waals surface area (Å²) in [6.45, 7) is 7.28. The molecule has 0 bridgehead atoms. The van der Waals surface area contributed by atoms with Gasteiger partial charge in [0, 0.05) is 11.4 Å². The Hall–Kier alpha value is -1.88. The molecular weight excluding hydrogens is 303 g/mol. The minimum Gasteiger partial charge on any atom is -0.330 e. The number of hydrogen-bond donors (Lipinski definition) is 3. The van der Waals surface area contributed by atoms with Crippen molar-refractivity contribution in [2.45, 2.75) is 58.5 Å². The molecule has 0 aliphatic carbocycles. The van der Waals surface area contributed by atoms with Gasteiger partial charge in [0.15, 0.2) is 0 Å². The van der Waals surface area contributed by atoms with Crippen molar-refractivity contribution in [2.24, 2.45) is 4.99 Å². The Bertz CT molecular complexity index is 580. The molecule has 1 unspecified atom stereocenters. The number of benzene rings is 1. The minimum atomic E-state index is -0.385. The molecule has 24 heavy (non-hydrogen) atoms.